The second-order valence-corrected chi connectivity index (χ2v) is 6.66. The monoisotopic (exact) mass is 291 g/mol. The van der Waals surface area contributed by atoms with Crippen molar-refractivity contribution in [1.29, 1.82) is 0 Å². The molecular formula is C17H29N3O. The summed E-state index contributed by atoms with van der Waals surface area (Å²) in [6, 6.07) is 0.607. The van der Waals surface area contributed by atoms with Gasteiger partial charge in [-0.3, -0.25) is 0 Å². The number of hydrogen-bond donors (Lipinski definition) is 1. The Hall–Kier alpha value is -1.03. The Labute approximate surface area is 128 Å². The summed E-state index contributed by atoms with van der Waals surface area (Å²) in [7, 11) is 0. The molecule has 4 heteroatoms. The van der Waals surface area contributed by atoms with Gasteiger partial charge >= 0.3 is 0 Å². The first kappa shape index (κ1) is 14.9. The van der Waals surface area contributed by atoms with Gasteiger partial charge in [-0.15, -0.1) is 0 Å². The second kappa shape index (κ2) is 7.30. The van der Waals surface area contributed by atoms with E-state index in [1.165, 1.54) is 57.8 Å². The number of nitrogens with zero attached hydrogens (tertiary/aromatic N) is 2. The smallest absolute Gasteiger partial charge is 0.203 e. The molecule has 0 atom stereocenters. The van der Waals surface area contributed by atoms with Crippen molar-refractivity contribution in [3.05, 3.63) is 11.9 Å². The zero-order chi connectivity index (χ0) is 14.5. The molecule has 0 unspecified atom stereocenters. The van der Waals surface area contributed by atoms with Crippen LogP contribution in [0.5, 0.6) is 0 Å². The normalized spacial score (nSPS) is 21.0. The number of imidazole rings is 1. The lowest BCUT2D eigenvalue weighted by atomic mass is 9.96. The average molecular weight is 291 g/mol. The Morgan fingerprint density at radius 2 is 1.86 bits per heavy atom. The summed E-state index contributed by atoms with van der Waals surface area (Å²) >= 11 is 0. The van der Waals surface area contributed by atoms with E-state index in [1.54, 1.807) is 0 Å². The summed E-state index contributed by atoms with van der Waals surface area (Å²) in [5.74, 6) is 1.04. The van der Waals surface area contributed by atoms with Crippen LogP contribution in [0.4, 0.5) is 5.95 Å². The van der Waals surface area contributed by atoms with E-state index < -0.39 is 0 Å². The van der Waals surface area contributed by atoms with Gasteiger partial charge < -0.3 is 14.6 Å². The Balaban J connectivity index is 1.51. The molecule has 2 aliphatic carbocycles. The highest BCUT2D eigenvalue weighted by Gasteiger charge is 2.17. The van der Waals surface area contributed by atoms with E-state index >= 15 is 0 Å². The maximum Gasteiger partial charge on any atom is 0.203 e. The molecule has 0 radical (unpaired) electrons. The van der Waals surface area contributed by atoms with Gasteiger partial charge in [-0.05, 0) is 32.6 Å². The number of ether oxygens (including phenoxy) is 1. The number of aryl methyl sites for hydroxylation is 1. The molecule has 2 saturated carbocycles. The van der Waals surface area contributed by atoms with Gasteiger partial charge in [0, 0.05) is 18.8 Å². The molecule has 0 spiro atoms. The summed E-state index contributed by atoms with van der Waals surface area (Å²) in [5, 5.41) is 3.65. The summed E-state index contributed by atoms with van der Waals surface area (Å²) in [5.41, 5.74) is 1.09. The molecule has 0 aromatic carbocycles. The maximum atomic E-state index is 5.98. The summed E-state index contributed by atoms with van der Waals surface area (Å²) in [6.07, 6.45) is 14.5. The molecule has 21 heavy (non-hydrogen) atoms. The van der Waals surface area contributed by atoms with Gasteiger partial charge in [-0.1, -0.05) is 32.1 Å². The molecule has 118 valence electrons. The SMILES string of the molecule is Cc1cn(CCOC2CCCC2)c(NC2CCCCC2)n1. The molecule has 0 bridgehead atoms. The number of nitrogens with one attached hydrogen (secondary N) is 1. The van der Waals surface area contributed by atoms with Crippen molar-refractivity contribution in [3.63, 3.8) is 0 Å². The third-order valence-corrected chi connectivity index (χ3v) is 4.82. The number of anilines is 1. The topological polar surface area (TPSA) is 39.1 Å². The Morgan fingerprint density at radius 1 is 1.14 bits per heavy atom. The zero-order valence-electron chi connectivity index (χ0n) is 13.3. The quantitative estimate of drug-likeness (QED) is 0.864. The first-order valence-electron chi connectivity index (χ1n) is 8.73. The van der Waals surface area contributed by atoms with Crippen molar-refractivity contribution in [2.24, 2.45) is 0 Å². The molecule has 2 fully saturated rings. The second-order valence-electron chi connectivity index (χ2n) is 6.66. The lowest BCUT2D eigenvalue weighted by Gasteiger charge is -2.23. The van der Waals surface area contributed by atoms with Crippen LogP contribution < -0.4 is 5.32 Å². The van der Waals surface area contributed by atoms with Crippen molar-refractivity contribution in [2.75, 3.05) is 11.9 Å². The fourth-order valence-corrected chi connectivity index (χ4v) is 3.63. The number of hydrogen-bond acceptors (Lipinski definition) is 3. The standard InChI is InChI=1S/C17H29N3O/c1-14-13-20(11-12-21-16-9-5-6-10-16)17(18-14)19-15-7-3-2-4-8-15/h13,15-16H,2-12H2,1H3,(H,18,19). The van der Waals surface area contributed by atoms with E-state index in [9.17, 15) is 0 Å². The molecule has 3 rings (SSSR count). The molecule has 1 heterocycles. The lowest BCUT2D eigenvalue weighted by molar-refractivity contribution is 0.0532. The summed E-state index contributed by atoms with van der Waals surface area (Å²) in [4.78, 5) is 4.65. The van der Waals surface area contributed by atoms with Crippen LogP contribution in [0.25, 0.3) is 0 Å². The zero-order valence-corrected chi connectivity index (χ0v) is 13.3. The van der Waals surface area contributed by atoms with E-state index in [2.05, 4.69) is 28.0 Å². The van der Waals surface area contributed by atoms with Crippen LogP contribution in [-0.4, -0.2) is 28.3 Å². The Bertz CT molecular complexity index is 431. The highest BCUT2D eigenvalue weighted by atomic mass is 16.5. The molecule has 1 aromatic rings. The molecule has 2 aliphatic rings. The number of rotatable bonds is 6. The van der Waals surface area contributed by atoms with E-state index in [-0.39, 0.29) is 0 Å². The highest BCUT2D eigenvalue weighted by molar-refractivity contribution is 5.30. The first-order chi connectivity index (χ1) is 10.3. The fourth-order valence-electron chi connectivity index (χ4n) is 3.63. The fraction of sp³-hybridized carbons (Fsp3) is 0.824. The van der Waals surface area contributed by atoms with Crippen LogP contribution in [0.3, 0.4) is 0 Å². The van der Waals surface area contributed by atoms with Gasteiger partial charge in [0.05, 0.1) is 18.4 Å². The Kier molecular flexibility index (Phi) is 5.17. The van der Waals surface area contributed by atoms with Crippen LogP contribution >= 0.6 is 0 Å². The summed E-state index contributed by atoms with van der Waals surface area (Å²) < 4.78 is 8.22. The van der Waals surface area contributed by atoms with E-state index in [1.807, 2.05) is 0 Å². The molecule has 1 aromatic heterocycles. The van der Waals surface area contributed by atoms with Crippen LogP contribution in [0.1, 0.15) is 63.5 Å². The van der Waals surface area contributed by atoms with Crippen molar-refractivity contribution in [3.8, 4) is 0 Å². The Morgan fingerprint density at radius 3 is 2.62 bits per heavy atom. The van der Waals surface area contributed by atoms with Gasteiger partial charge in [0.25, 0.3) is 0 Å². The van der Waals surface area contributed by atoms with E-state index in [4.69, 9.17) is 4.74 Å². The predicted molar refractivity (Wildman–Crippen MR) is 85.7 cm³/mol. The minimum absolute atomic E-state index is 0.504. The third-order valence-electron chi connectivity index (χ3n) is 4.82. The van der Waals surface area contributed by atoms with E-state index in [0.717, 1.165) is 24.8 Å². The highest BCUT2D eigenvalue weighted by Crippen LogP contribution is 2.22. The van der Waals surface area contributed by atoms with Crippen molar-refractivity contribution in [1.82, 2.24) is 9.55 Å². The third kappa shape index (κ3) is 4.22. The molecule has 0 aliphatic heterocycles. The predicted octanol–water partition coefficient (Wildman–Crippen LogP) is 3.90. The van der Waals surface area contributed by atoms with Gasteiger partial charge in [0.2, 0.25) is 5.95 Å². The average Bonchev–Trinajstić information content (AvgIpc) is 3.11. The maximum absolute atomic E-state index is 5.98. The van der Waals surface area contributed by atoms with Crippen molar-refractivity contribution >= 4 is 5.95 Å². The van der Waals surface area contributed by atoms with Gasteiger partial charge in [-0.25, -0.2) is 4.98 Å². The van der Waals surface area contributed by atoms with Crippen LogP contribution in [0, 0.1) is 6.92 Å². The molecular weight excluding hydrogens is 262 g/mol. The van der Waals surface area contributed by atoms with Crippen molar-refractivity contribution in [2.45, 2.75) is 83.4 Å². The molecule has 0 saturated heterocycles. The van der Waals surface area contributed by atoms with Crippen LogP contribution in [0.15, 0.2) is 6.20 Å². The van der Waals surface area contributed by atoms with Crippen molar-refractivity contribution < 1.29 is 4.74 Å². The van der Waals surface area contributed by atoms with Crippen LogP contribution in [0.2, 0.25) is 0 Å². The van der Waals surface area contributed by atoms with Gasteiger partial charge in [0.1, 0.15) is 0 Å². The minimum Gasteiger partial charge on any atom is -0.376 e. The van der Waals surface area contributed by atoms with Crippen LogP contribution in [-0.2, 0) is 11.3 Å². The van der Waals surface area contributed by atoms with Gasteiger partial charge in [0.15, 0.2) is 0 Å². The molecule has 0 amide bonds. The van der Waals surface area contributed by atoms with Gasteiger partial charge in [-0.2, -0.15) is 0 Å². The van der Waals surface area contributed by atoms with E-state index in [0.29, 0.717) is 12.1 Å². The number of aromatic nitrogens is 2. The first-order valence-corrected chi connectivity index (χ1v) is 8.73. The molecule has 4 nitrogen and oxygen atoms in total. The summed E-state index contributed by atoms with van der Waals surface area (Å²) in [6.45, 7) is 3.78. The lowest BCUT2D eigenvalue weighted by Crippen LogP contribution is -2.25. The minimum atomic E-state index is 0.504. The molecule has 1 N–H and O–H groups in total. The largest absolute Gasteiger partial charge is 0.376 e.